The number of ether oxygens (including phenoxy) is 1. The number of carbonyl (C=O) groups excluding carboxylic acids is 1. The minimum atomic E-state index is -0.362. The molecule has 118 valence electrons. The molecule has 0 bridgehead atoms. The zero-order valence-corrected chi connectivity index (χ0v) is 13.7. The number of benzene rings is 1. The number of halogens is 1. The summed E-state index contributed by atoms with van der Waals surface area (Å²) in [5.74, 6) is 0.669. The largest absolute Gasteiger partial charge is 0.412 e. The Balaban J connectivity index is 0.00000220. The third kappa shape index (κ3) is 5.56. The SMILES string of the molecule is Cc1cccc(C)c1OC(=O)NCCN1CCCCC1.Cl. The first-order valence-electron chi connectivity index (χ1n) is 7.41. The Morgan fingerprint density at radius 2 is 1.81 bits per heavy atom. The van der Waals surface area contributed by atoms with Gasteiger partial charge in [-0.15, -0.1) is 12.4 Å². The second-order valence-corrected chi connectivity index (χ2v) is 5.44. The lowest BCUT2D eigenvalue weighted by Gasteiger charge is -2.26. The fourth-order valence-electron chi connectivity index (χ4n) is 2.59. The molecule has 0 aromatic heterocycles. The van der Waals surface area contributed by atoms with Gasteiger partial charge in [-0.3, -0.25) is 0 Å². The zero-order valence-electron chi connectivity index (χ0n) is 12.9. The van der Waals surface area contributed by atoms with Crippen LogP contribution in [0.3, 0.4) is 0 Å². The van der Waals surface area contributed by atoms with Gasteiger partial charge in [-0.25, -0.2) is 4.79 Å². The van der Waals surface area contributed by atoms with E-state index in [1.54, 1.807) is 0 Å². The lowest BCUT2D eigenvalue weighted by molar-refractivity contribution is 0.192. The van der Waals surface area contributed by atoms with Crippen LogP contribution in [0.4, 0.5) is 4.79 Å². The number of aryl methyl sites for hydroxylation is 2. The normalized spacial score (nSPS) is 15.1. The number of hydrogen-bond donors (Lipinski definition) is 1. The molecule has 1 aliphatic heterocycles. The van der Waals surface area contributed by atoms with Crippen LogP contribution in [0.2, 0.25) is 0 Å². The third-order valence-electron chi connectivity index (χ3n) is 3.75. The highest BCUT2D eigenvalue weighted by Gasteiger charge is 2.12. The van der Waals surface area contributed by atoms with E-state index in [9.17, 15) is 4.79 Å². The first-order valence-corrected chi connectivity index (χ1v) is 7.41. The van der Waals surface area contributed by atoms with Gasteiger partial charge in [-0.1, -0.05) is 24.6 Å². The van der Waals surface area contributed by atoms with Gasteiger partial charge in [-0.05, 0) is 50.9 Å². The van der Waals surface area contributed by atoms with Crippen molar-refractivity contribution in [2.24, 2.45) is 0 Å². The number of carbonyl (C=O) groups is 1. The van der Waals surface area contributed by atoms with Crippen molar-refractivity contribution >= 4 is 18.5 Å². The highest BCUT2D eigenvalue weighted by molar-refractivity contribution is 5.85. The van der Waals surface area contributed by atoms with Gasteiger partial charge in [0.1, 0.15) is 5.75 Å². The first kappa shape index (κ1) is 17.8. The van der Waals surface area contributed by atoms with E-state index >= 15 is 0 Å². The van der Waals surface area contributed by atoms with Gasteiger partial charge in [0.05, 0.1) is 0 Å². The van der Waals surface area contributed by atoms with E-state index in [0.717, 1.165) is 30.8 Å². The molecular weight excluding hydrogens is 288 g/mol. The highest BCUT2D eigenvalue weighted by Crippen LogP contribution is 2.22. The second-order valence-electron chi connectivity index (χ2n) is 5.44. The predicted octanol–water partition coefficient (Wildman–Crippen LogP) is 3.30. The van der Waals surface area contributed by atoms with Crippen molar-refractivity contribution in [3.8, 4) is 5.75 Å². The Morgan fingerprint density at radius 3 is 2.43 bits per heavy atom. The molecule has 0 saturated carbocycles. The van der Waals surface area contributed by atoms with Crippen molar-refractivity contribution in [3.63, 3.8) is 0 Å². The maximum absolute atomic E-state index is 11.8. The van der Waals surface area contributed by atoms with E-state index in [0.29, 0.717) is 12.3 Å². The van der Waals surface area contributed by atoms with Crippen molar-refractivity contribution in [2.45, 2.75) is 33.1 Å². The maximum Gasteiger partial charge on any atom is 0.412 e. The first-order chi connectivity index (χ1) is 9.66. The summed E-state index contributed by atoms with van der Waals surface area (Å²) < 4.78 is 5.40. The summed E-state index contributed by atoms with van der Waals surface area (Å²) in [6, 6.07) is 5.86. The number of nitrogens with one attached hydrogen (secondary N) is 1. The third-order valence-corrected chi connectivity index (χ3v) is 3.75. The molecule has 5 heteroatoms. The number of para-hydroxylation sites is 1. The summed E-state index contributed by atoms with van der Waals surface area (Å²) in [5, 5.41) is 2.83. The quantitative estimate of drug-likeness (QED) is 0.927. The number of rotatable bonds is 4. The fraction of sp³-hybridized carbons (Fsp3) is 0.562. The molecule has 21 heavy (non-hydrogen) atoms. The Hall–Kier alpha value is -1.26. The van der Waals surface area contributed by atoms with Crippen LogP contribution in [0.5, 0.6) is 5.75 Å². The van der Waals surface area contributed by atoms with Crippen LogP contribution in [0, 0.1) is 13.8 Å². The average Bonchev–Trinajstić information content (AvgIpc) is 2.44. The lowest BCUT2D eigenvalue weighted by Crippen LogP contribution is -2.38. The van der Waals surface area contributed by atoms with E-state index < -0.39 is 0 Å². The van der Waals surface area contributed by atoms with E-state index in [1.807, 2.05) is 32.0 Å². The smallest absolute Gasteiger partial charge is 0.410 e. The molecule has 1 aliphatic rings. The molecule has 0 atom stereocenters. The number of hydrogen-bond acceptors (Lipinski definition) is 3. The molecule has 0 radical (unpaired) electrons. The van der Waals surface area contributed by atoms with Gasteiger partial charge in [-0.2, -0.15) is 0 Å². The van der Waals surface area contributed by atoms with Gasteiger partial charge in [0.25, 0.3) is 0 Å². The minimum absolute atomic E-state index is 0. The number of amides is 1. The van der Waals surface area contributed by atoms with Crippen molar-refractivity contribution in [1.29, 1.82) is 0 Å². The average molecular weight is 313 g/mol. The topological polar surface area (TPSA) is 41.6 Å². The summed E-state index contributed by atoms with van der Waals surface area (Å²) >= 11 is 0. The van der Waals surface area contributed by atoms with E-state index in [-0.39, 0.29) is 18.5 Å². The van der Waals surface area contributed by atoms with Crippen LogP contribution in [0.1, 0.15) is 30.4 Å². The maximum atomic E-state index is 11.8. The highest BCUT2D eigenvalue weighted by atomic mass is 35.5. The summed E-state index contributed by atoms with van der Waals surface area (Å²) in [7, 11) is 0. The molecule has 2 rings (SSSR count). The Morgan fingerprint density at radius 1 is 1.19 bits per heavy atom. The van der Waals surface area contributed by atoms with E-state index in [4.69, 9.17) is 4.74 Å². The zero-order chi connectivity index (χ0) is 14.4. The van der Waals surface area contributed by atoms with Crippen LogP contribution >= 0.6 is 12.4 Å². The van der Waals surface area contributed by atoms with Gasteiger partial charge in [0.2, 0.25) is 0 Å². The molecule has 1 saturated heterocycles. The lowest BCUT2D eigenvalue weighted by atomic mass is 10.1. The van der Waals surface area contributed by atoms with Crippen molar-refractivity contribution in [2.75, 3.05) is 26.2 Å². The van der Waals surface area contributed by atoms with Crippen LogP contribution in [-0.2, 0) is 0 Å². The summed E-state index contributed by atoms with van der Waals surface area (Å²) in [4.78, 5) is 14.2. The minimum Gasteiger partial charge on any atom is -0.410 e. The molecule has 1 aromatic rings. The van der Waals surface area contributed by atoms with Crippen molar-refractivity contribution in [1.82, 2.24) is 10.2 Å². The van der Waals surface area contributed by atoms with Crippen molar-refractivity contribution in [3.05, 3.63) is 29.3 Å². The van der Waals surface area contributed by atoms with E-state index in [2.05, 4.69) is 10.2 Å². The summed E-state index contributed by atoms with van der Waals surface area (Å²) in [6.45, 7) is 7.74. The molecule has 0 spiro atoms. The number of piperidine rings is 1. The second kappa shape index (κ2) is 8.90. The predicted molar refractivity (Wildman–Crippen MR) is 87.5 cm³/mol. The molecule has 1 heterocycles. The molecule has 1 fully saturated rings. The fourth-order valence-corrected chi connectivity index (χ4v) is 2.59. The van der Waals surface area contributed by atoms with Crippen LogP contribution < -0.4 is 10.1 Å². The molecule has 0 aliphatic carbocycles. The summed E-state index contributed by atoms with van der Waals surface area (Å²) in [5.41, 5.74) is 1.97. The number of nitrogens with zero attached hydrogens (tertiary/aromatic N) is 1. The van der Waals surface area contributed by atoms with E-state index in [1.165, 1.54) is 19.3 Å². The summed E-state index contributed by atoms with van der Waals surface area (Å²) in [6.07, 6.45) is 3.51. The Kier molecular flexibility index (Phi) is 7.54. The molecule has 4 nitrogen and oxygen atoms in total. The molecule has 0 unspecified atom stereocenters. The molecular formula is C16H25ClN2O2. The monoisotopic (exact) mass is 312 g/mol. The van der Waals surface area contributed by atoms with Gasteiger partial charge in [0, 0.05) is 13.1 Å². The van der Waals surface area contributed by atoms with Crippen LogP contribution in [-0.4, -0.2) is 37.2 Å². The van der Waals surface area contributed by atoms with Gasteiger partial charge in [0.15, 0.2) is 0 Å². The Bertz CT molecular complexity index is 439. The molecule has 1 N–H and O–H groups in total. The van der Waals surface area contributed by atoms with Gasteiger partial charge >= 0.3 is 6.09 Å². The molecule has 1 aromatic carbocycles. The van der Waals surface area contributed by atoms with Crippen LogP contribution in [0.15, 0.2) is 18.2 Å². The van der Waals surface area contributed by atoms with Crippen LogP contribution in [0.25, 0.3) is 0 Å². The molecule has 1 amide bonds. The Labute approximate surface area is 133 Å². The van der Waals surface area contributed by atoms with Gasteiger partial charge < -0.3 is 15.0 Å². The number of likely N-dealkylation sites (tertiary alicyclic amines) is 1. The van der Waals surface area contributed by atoms with Crippen molar-refractivity contribution < 1.29 is 9.53 Å². The standard InChI is InChI=1S/C16H24N2O2.ClH/c1-13-7-6-8-14(2)15(13)20-16(19)17-9-12-18-10-4-3-5-11-18;/h6-8H,3-5,9-12H2,1-2H3,(H,17,19);1H.